The van der Waals surface area contributed by atoms with Crippen molar-refractivity contribution in [3.63, 3.8) is 0 Å². The Kier molecular flexibility index (Phi) is 2.00. The summed E-state index contributed by atoms with van der Waals surface area (Å²) in [4.78, 5) is 7.85. The van der Waals surface area contributed by atoms with E-state index in [0.29, 0.717) is 0 Å². The van der Waals surface area contributed by atoms with E-state index in [1.165, 1.54) is 21.5 Å². The van der Waals surface area contributed by atoms with Crippen LogP contribution in [0.5, 0.6) is 0 Å². The molecule has 2 nitrogen and oxygen atoms in total. The Bertz CT molecular complexity index is 932. The van der Waals surface area contributed by atoms with Crippen molar-refractivity contribution in [1.29, 1.82) is 0 Å². The zero-order valence-electron chi connectivity index (χ0n) is 10.4. The summed E-state index contributed by atoms with van der Waals surface area (Å²) >= 11 is 0. The fraction of sp³-hybridized carbons (Fsp3) is 0. The molecule has 0 atom stereocenters. The molecule has 3 aromatic carbocycles. The molecule has 2 heteroatoms. The Labute approximate surface area is 110 Å². The molecule has 19 heavy (non-hydrogen) atoms. The van der Waals surface area contributed by atoms with E-state index in [4.69, 9.17) is 0 Å². The highest BCUT2D eigenvalue weighted by molar-refractivity contribution is 6.15. The van der Waals surface area contributed by atoms with E-state index in [1.807, 2.05) is 0 Å². The summed E-state index contributed by atoms with van der Waals surface area (Å²) in [7, 11) is 0. The first kappa shape index (κ1) is 10.3. The molecule has 0 bridgehead atoms. The van der Waals surface area contributed by atoms with Gasteiger partial charge in [-0.05, 0) is 28.3 Å². The third kappa shape index (κ3) is 1.40. The van der Waals surface area contributed by atoms with Crippen molar-refractivity contribution in [2.45, 2.75) is 0 Å². The van der Waals surface area contributed by atoms with Crippen LogP contribution < -0.4 is 0 Å². The SMILES string of the molecule is C=Cc1nc2c(ccc3c4ccccc4ccc32)[nH]1. The molecular formula is C17H12N2. The number of hydrogen-bond acceptors (Lipinski definition) is 1. The third-order valence-corrected chi connectivity index (χ3v) is 3.59. The maximum absolute atomic E-state index is 4.59. The molecular weight excluding hydrogens is 232 g/mol. The fourth-order valence-electron chi connectivity index (χ4n) is 2.68. The number of H-pyrrole nitrogens is 1. The number of benzene rings is 3. The maximum atomic E-state index is 4.59. The molecule has 0 amide bonds. The first-order valence-electron chi connectivity index (χ1n) is 6.29. The van der Waals surface area contributed by atoms with Gasteiger partial charge in [0, 0.05) is 5.39 Å². The number of rotatable bonds is 1. The minimum Gasteiger partial charge on any atom is -0.338 e. The molecule has 0 aliphatic rings. The van der Waals surface area contributed by atoms with Gasteiger partial charge in [-0.2, -0.15) is 0 Å². The average Bonchev–Trinajstić information content (AvgIpc) is 2.90. The Balaban J connectivity index is 2.24. The van der Waals surface area contributed by atoms with Crippen LogP contribution >= 0.6 is 0 Å². The van der Waals surface area contributed by atoms with Crippen molar-refractivity contribution < 1.29 is 0 Å². The number of aromatic nitrogens is 2. The second kappa shape index (κ2) is 3.69. The molecule has 0 saturated heterocycles. The van der Waals surface area contributed by atoms with Crippen LogP contribution in [0.4, 0.5) is 0 Å². The van der Waals surface area contributed by atoms with Gasteiger partial charge in [0.05, 0.1) is 11.0 Å². The molecule has 90 valence electrons. The standard InChI is InChI=1S/C17H12N2/c1-2-16-18-15-10-9-13-12-6-4-3-5-11(12)7-8-14(13)17(15)19-16/h2-10H,1H2,(H,18,19). The Morgan fingerprint density at radius 1 is 0.895 bits per heavy atom. The van der Waals surface area contributed by atoms with E-state index in [2.05, 4.69) is 65.1 Å². The van der Waals surface area contributed by atoms with Crippen LogP contribution in [0.2, 0.25) is 0 Å². The van der Waals surface area contributed by atoms with Crippen molar-refractivity contribution in [3.05, 3.63) is 60.9 Å². The quantitative estimate of drug-likeness (QED) is 0.490. The number of fused-ring (bicyclic) bond motifs is 5. The lowest BCUT2D eigenvalue weighted by molar-refractivity contribution is 1.30. The molecule has 0 aliphatic carbocycles. The molecule has 0 unspecified atom stereocenters. The van der Waals surface area contributed by atoms with Gasteiger partial charge in [-0.1, -0.05) is 49.0 Å². The number of imidazole rings is 1. The number of nitrogens with zero attached hydrogens (tertiary/aromatic N) is 1. The summed E-state index contributed by atoms with van der Waals surface area (Å²) in [6, 6.07) is 17.0. The Hall–Kier alpha value is -2.61. The van der Waals surface area contributed by atoms with Gasteiger partial charge in [0.2, 0.25) is 0 Å². The van der Waals surface area contributed by atoms with Crippen LogP contribution in [0.25, 0.3) is 38.7 Å². The number of nitrogens with one attached hydrogen (secondary N) is 1. The molecule has 1 heterocycles. The van der Waals surface area contributed by atoms with Crippen LogP contribution in [0, 0.1) is 0 Å². The zero-order chi connectivity index (χ0) is 12.8. The fourth-order valence-corrected chi connectivity index (χ4v) is 2.68. The van der Waals surface area contributed by atoms with Gasteiger partial charge in [-0.15, -0.1) is 0 Å². The largest absolute Gasteiger partial charge is 0.338 e. The highest BCUT2D eigenvalue weighted by Crippen LogP contribution is 2.30. The summed E-state index contributed by atoms with van der Waals surface area (Å²) < 4.78 is 0. The summed E-state index contributed by atoms with van der Waals surface area (Å²) in [6.07, 6.45) is 1.74. The predicted octanol–water partition coefficient (Wildman–Crippen LogP) is 4.51. The van der Waals surface area contributed by atoms with Gasteiger partial charge in [0.1, 0.15) is 5.82 Å². The molecule has 1 aromatic heterocycles. The van der Waals surface area contributed by atoms with Gasteiger partial charge in [-0.25, -0.2) is 4.98 Å². The molecule has 0 spiro atoms. The van der Waals surface area contributed by atoms with E-state index in [1.54, 1.807) is 6.08 Å². The van der Waals surface area contributed by atoms with Crippen LogP contribution in [0.3, 0.4) is 0 Å². The Morgan fingerprint density at radius 2 is 1.74 bits per heavy atom. The number of aromatic amines is 1. The van der Waals surface area contributed by atoms with E-state index >= 15 is 0 Å². The molecule has 4 aromatic rings. The van der Waals surface area contributed by atoms with Crippen LogP contribution in [-0.2, 0) is 0 Å². The minimum atomic E-state index is 0.815. The van der Waals surface area contributed by atoms with Crippen LogP contribution in [0.15, 0.2) is 55.1 Å². The zero-order valence-corrected chi connectivity index (χ0v) is 10.4. The molecule has 0 saturated carbocycles. The summed E-state index contributed by atoms with van der Waals surface area (Å²) in [5.41, 5.74) is 2.07. The highest BCUT2D eigenvalue weighted by Gasteiger charge is 2.07. The first-order valence-corrected chi connectivity index (χ1v) is 6.29. The summed E-state index contributed by atoms with van der Waals surface area (Å²) in [6.45, 7) is 3.76. The summed E-state index contributed by atoms with van der Waals surface area (Å²) in [5, 5.41) is 4.95. The van der Waals surface area contributed by atoms with Crippen LogP contribution in [0.1, 0.15) is 5.82 Å². The van der Waals surface area contributed by atoms with Gasteiger partial charge in [-0.3, -0.25) is 0 Å². The van der Waals surface area contributed by atoms with Crippen molar-refractivity contribution in [3.8, 4) is 0 Å². The monoisotopic (exact) mass is 244 g/mol. The lowest BCUT2D eigenvalue weighted by Gasteiger charge is -2.03. The molecule has 1 N–H and O–H groups in total. The second-order valence-corrected chi connectivity index (χ2v) is 4.67. The normalized spacial score (nSPS) is 11.4. The minimum absolute atomic E-state index is 0.815. The smallest absolute Gasteiger partial charge is 0.130 e. The molecule has 0 aliphatic heterocycles. The average molecular weight is 244 g/mol. The predicted molar refractivity (Wildman–Crippen MR) is 81.2 cm³/mol. The molecule has 0 radical (unpaired) electrons. The highest BCUT2D eigenvalue weighted by atomic mass is 14.9. The van der Waals surface area contributed by atoms with E-state index in [-0.39, 0.29) is 0 Å². The van der Waals surface area contributed by atoms with Gasteiger partial charge in [0.25, 0.3) is 0 Å². The van der Waals surface area contributed by atoms with Crippen molar-refractivity contribution in [2.75, 3.05) is 0 Å². The molecule has 0 fully saturated rings. The lowest BCUT2D eigenvalue weighted by atomic mass is 10.0. The van der Waals surface area contributed by atoms with Crippen molar-refractivity contribution in [1.82, 2.24) is 9.97 Å². The Morgan fingerprint density at radius 3 is 2.63 bits per heavy atom. The van der Waals surface area contributed by atoms with Gasteiger partial charge < -0.3 is 4.98 Å². The number of hydrogen-bond donors (Lipinski definition) is 1. The maximum Gasteiger partial charge on any atom is 0.130 e. The third-order valence-electron chi connectivity index (χ3n) is 3.59. The second-order valence-electron chi connectivity index (χ2n) is 4.67. The van der Waals surface area contributed by atoms with Gasteiger partial charge >= 0.3 is 0 Å². The van der Waals surface area contributed by atoms with E-state index in [9.17, 15) is 0 Å². The van der Waals surface area contributed by atoms with Crippen molar-refractivity contribution >= 4 is 38.7 Å². The van der Waals surface area contributed by atoms with E-state index in [0.717, 1.165) is 16.9 Å². The van der Waals surface area contributed by atoms with Gasteiger partial charge in [0.15, 0.2) is 0 Å². The van der Waals surface area contributed by atoms with E-state index < -0.39 is 0 Å². The topological polar surface area (TPSA) is 28.7 Å². The first-order chi connectivity index (χ1) is 9.36. The molecule has 4 rings (SSSR count). The van der Waals surface area contributed by atoms with Crippen molar-refractivity contribution in [2.24, 2.45) is 0 Å². The van der Waals surface area contributed by atoms with Crippen LogP contribution in [-0.4, -0.2) is 9.97 Å². The summed E-state index contributed by atoms with van der Waals surface area (Å²) in [5.74, 6) is 0.815. The lowest BCUT2D eigenvalue weighted by Crippen LogP contribution is -1.79.